The quantitative estimate of drug-likeness (QED) is 0.430. The summed E-state index contributed by atoms with van der Waals surface area (Å²) in [5, 5.41) is 6.50. The number of alkyl halides is 3. The van der Waals surface area contributed by atoms with Crippen molar-refractivity contribution in [2.45, 2.75) is 62.7 Å². The molecule has 2 aromatic heterocycles. The zero-order chi connectivity index (χ0) is 27.3. The summed E-state index contributed by atoms with van der Waals surface area (Å²) in [6.07, 6.45) is 0.483. The zero-order valence-electron chi connectivity index (χ0n) is 21.4. The van der Waals surface area contributed by atoms with Gasteiger partial charge in [0.1, 0.15) is 10.4 Å². The van der Waals surface area contributed by atoms with Crippen molar-refractivity contribution in [1.29, 1.82) is 0 Å². The van der Waals surface area contributed by atoms with Gasteiger partial charge >= 0.3 is 6.18 Å². The summed E-state index contributed by atoms with van der Waals surface area (Å²) in [4.78, 5) is 24.1. The van der Waals surface area contributed by atoms with Gasteiger partial charge in [-0.2, -0.15) is 13.2 Å². The van der Waals surface area contributed by atoms with Gasteiger partial charge in [-0.3, -0.25) is 9.00 Å². The van der Waals surface area contributed by atoms with Crippen molar-refractivity contribution in [3.05, 3.63) is 51.5 Å². The maximum Gasteiger partial charge on any atom is 0.420 e. The van der Waals surface area contributed by atoms with Crippen LogP contribution in [0.25, 0.3) is 10.6 Å². The standard InChI is InChI=1S/C27H28F3N5O2S2/c1-2-15-10-17-13-31-7-6-16(17)11-20(15)33-26-32-14-19(27(28,29)30)23(34-26)21-12-22-24(38-21)25(36)35(8-9-39(22)37)18-4-3-5-18/h10-12,14,18,31H,2-9,13H2,1H3,(H,32,33,34). The summed E-state index contributed by atoms with van der Waals surface area (Å²) in [5.74, 6) is 0.0458. The molecule has 2 N–H and O–H groups in total. The van der Waals surface area contributed by atoms with Crippen LogP contribution in [0.2, 0.25) is 0 Å². The van der Waals surface area contributed by atoms with Crippen LogP contribution in [0.5, 0.6) is 0 Å². The Balaban J connectivity index is 1.40. The Hall–Kier alpha value is -2.83. The molecule has 1 aromatic carbocycles. The van der Waals surface area contributed by atoms with Crippen LogP contribution in [-0.2, 0) is 36.4 Å². The Labute approximate surface area is 230 Å². The fraction of sp³-hybridized carbons (Fsp3) is 0.444. The van der Waals surface area contributed by atoms with E-state index in [-0.39, 0.29) is 39.1 Å². The molecule has 1 amide bonds. The van der Waals surface area contributed by atoms with Crippen molar-refractivity contribution < 1.29 is 22.2 Å². The molecule has 0 spiro atoms. The summed E-state index contributed by atoms with van der Waals surface area (Å²) in [7, 11) is -1.49. The van der Waals surface area contributed by atoms with Crippen LogP contribution in [0.4, 0.5) is 24.8 Å². The number of halogens is 3. The molecule has 3 aromatic rings. The van der Waals surface area contributed by atoms with E-state index in [2.05, 4.69) is 26.7 Å². The van der Waals surface area contributed by atoms with Gasteiger partial charge in [0.05, 0.1) is 26.3 Å². The third-order valence-corrected chi connectivity index (χ3v) is 10.3. The van der Waals surface area contributed by atoms with E-state index in [1.54, 1.807) is 4.90 Å². The number of nitrogens with zero attached hydrogens (tertiary/aromatic N) is 3. The van der Waals surface area contributed by atoms with Crippen molar-refractivity contribution in [3.63, 3.8) is 0 Å². The normalized spacial score (nSPS) is 19.7. The summed E-state index contributed by atoms with van der Waals surface area (Å²) in [6, 6.07) is 5.69. The molecule has 7 nitrogen and oxygen atoms in total. The van der Waals surface area contributed by atoms with Gasteiger partial charge in [0.2, 0.25) is 5.95 Å². The number of hydrogen-bond donors (Lipinski definition) is 2. The highest BCUT2D eigenvalue weighted by molar-refractivity contribution is 7.85. The Bertz CT molecular complexity index is 1470. The molecular formula is C27H28F3N5O2S2. The summed E-state index contributed by atoms with van der Waals surface area (Å²) in [5.41, 5.74) is 2.86. The molecule has 206 valence electrons. The molecule has 1 saturated carbocycles. The van der Waals surface area contributed by atoms with E-state index in [9.17, 15) is 22.2 Å². The molecule has 0 radical (unpaired) electrons. The lowest BCUT2D eigenvalue weighted by Gasteiger charge is -2.36. The minimum atomic E-state index is -4.70. The van der Waals surface area contributed by atoms with Gasteiger partial charge in [-0.25, -0.2) is 9.97 Å². The Morgan fingerprint density at radius 1 is 1.23 bits per heavy atom. The SMILES string of the molecule is CCc1cc2c(cc1Nc1ncc(C(F)(F)F)c(-c3cc4c(s3)C(=O)N(C3CCC3)CCS4=O)n1)CCNC2. The van der Waals surface area contributed by atoms with Gasteiger partial charge in [-0.15, -0.1) is 11.3 Å². The predicted octanol–water partition coefficient (Wildman–Crippen LogP) is 5.29. The second kappa shape index (κ2) is 10.3. The van der Waals surface area contributed by atoms with Crippen molar-refractivity contribution in [2.75, 3.05) is 24.2 Å². The average Bonchev–Trinajstić information content (AvgIpc) is 3.30. The van der Waals surface area contributed by atoms with E-state index in [1.807, 2.05) is 13.0 Å². The van der Waals surface area contributed by atoms with Gasteiger partial charge < -0.3 is 15.5 Å². The first kappa shape index (κ1) is 26.4. The number of rotatable bonds is 5. The fourth-order valence-electron chi connectivity index (χ4n) is 5.33. The number of carbonyl (C=O) groups excluding carboxylic acids is 1. The zero-order valence-corrected chi connectivity index (χ0v) is 23.0. The first-order valence-electron chi connectivity index (χ1n) is 13.1. The molecule has 0 saturated heterocycles. The van der Waals surface area contributed by atoms with E-state index < -0.39 is 22.5 Å². The van der Waals surface area contributed by atoms with E-state index in [4.69, 9.17) is 0 Å². The van der Waals surface area contributed by atoms with E-state index in [1.165, 1.54) is 17.2 Å². The Morgan fingerprint density at radius 2 is 2.05 bits per heavy atom. The molecule has 1 atom stereocenters. The number of amides is 1. The minimum Gasteiger partial charge on any atom is -0.334 e. The van der Waals surface area contributed by atoms with Crippen molar-refractivity contribution >= 4 is 39.7 Å². The number of aromatic nitrogens is 2. The van der Waals surface area contributed by atoms with E-state index in [0.29, 0.717) is 11.4 Å². The highest BCUT2D eigenvalue weighted by Gasteiger charge is 2.39. The van der Waals surface area contributed by atoms with Crippen molar-refractivity contribution in [3.8, 4) is 10.6 Å². The monoisotopic (exact) mass is 575 g/mol. The van der Waals surface area contributed by atoms with Crippen LogP contribution in [-0.4, -0.2) is 49.9 Å². The number of thiophene rings is 1. The van der Waals surface area contributed by atoms with Crippen molar-refractivity contribution in [2.24, 2.45) is 0 Å². The number of aryl methyl sites for hydroxylation is 1. The van der Waals surface area contributed by atoms with Crippen LogP contribution in [0, 0.1) is 0 Å². The van der Waals surface area contributed by atoms with Gasteiger partial charge in [0, 0.05) is 36.8 Å². The largest absolute Gasteiger partial charge is 0.420 e. The molecule has 2 aliphatic heterocycles. The first-order valence-corrected chi connectivity index (χ1v) is 15.3. The second-order valence-electron chi connectivity index (χ2n) is 10.1. The maximum absolute atomic E-state index is 14.1. The lowest BCUT2D eigenvalue weighted by atomic mass is 9.91. The van der Waals surface area contributed by atoms with Crippen LogP contribution in [0.1, 0.15) is 58.1 Å². The average molecular weight is 576 g/mol. The number of fused-ring (bicyclic) bond motifs is 2. The third-order valence-electron chi connectivity index (χ3n) is 7.70. The van der Waals surface area contributed by atoms with Crippen LogP contribution >= 0.6 is 11.3 Å². The molecule has 6 rings (SSSR count). The Morgan fingerprint density at radius 3 is 2.77 bits per heavy atom. The molecule has 1 aliphatic carbocycles. The first-order chi connectivity index (χ1) is 18.7. The van der Waals surface area contributed by atoms with E-state index >= 15 is 0 Å². The summed E-state index contributed by atoms with van der Waals surface area (Å²) >= 11 is 0.932. The molecular weight excluding hydrogens is 547 g/mol. The highest BCUT2D eigenvalue weighted by atomic mass is 32.2. The summed E-state index contributed by atoms with van der Waals surface area (Å²) < 4.78 is 55.3. The number of nitrogens with one attached hydrogen (secondary N) is 2. The highest BCUT2D eigenvalue weighted by Crippen LogP contribution is 2.42. The van der Waals surface area contributed by atoms with Gasteiger partial charge in [-0.1, -0.05) is 13.0 Å². The lowest BCUT2D eigenvalue weighted by molar-refractivity contribution is -0.137. The summed E-state index contributed by atoms with van der Waals surface area (Å²) in [6.45, 7) is 4.05. The number of anilines is 2. The van der Waals surface area contributed by atoms with Crippen LogP contribution < -0.4 is 10.6 Å². The van der Waals surface area contributed by atoms with Crippen LogP contribution in [0.3, 0.4) is 0 Å². The van der Waals surface area contributed by atoms with Gasteiger partial charge in [0.15, 0.2) is 0 Å². The molecule has 4 heterocycles. The molecule has 39 heavy (non-hydrogen) atoms. The topological polar surface area (TPSA) is 87.2 Å². The second-order valence-corrected chi connectivity index (χ2v) is 12.7. The molecule has 1 unspecified atom stereocenters. The maximum atomic E-state index is 14.1. The van der Waals surface area contributed by atoms with E-state index in [0.717, 1.165) is 74.0 Å². The molecule has 0 bridgehead atoms. The van der Waals surface area contributed by atoms with Crippen LogP contribution in [0.15, 0.2) is 29.3 Å². The van der Waals surface area contributed by atoms with Gasteiger partial charge in [0.25, 0.3) is 5.91 Å². The number of hydrogen-bond acceptors (Lipinski definition) is 7. The Kier molecular flexibility index (Phi) is 6.96. The molecule has 12 heteroatoms. The third kappa shape index (κ3) is 4.98. The lowest BCUT2D eigenvalue weighted by Crippen LogP contribution is -2.44. The number of benzene rings is 1. The van der Waals surface area contributed by atoms with Crippen molar-refractivity contribution in [1.82, 2.24) is 20.2 Å². The smallest absolute Gasteiger partial charge is 0.334 e. The predicted molar refractivity (Wildman–Crippen MR) is 145 cm³/mol. The van der Waals surface area contributed by atoms with Gasteiger partial charge in [-0.05, 0) is 67.5 Å². The minimum absolute atomic E-state index is 0.0359. The molecule has 3 aliphatic rings. The fourth-order valence-corrected chi connectivity index (χ4v) is 7.95. The molecule has 1 fully saturated rings. The number of carbonyl (C=O) groups is 1.